The third-order valence-electron chi connectivity index (χ3n) is 4.58. The van der Waals surface area contributed by atoms with Crippen LogP contribution in [-0.2, 0) is 6.18 Å². The van der Waals surface area contributed by atoms with Gasteiger partial charge in [0.1, 0.15) is 0 Å². The van der Waals surface area contributed by atoms with E-state index in [1.807, 2.05) is 0 Å². The quantitative estimate of drug-likeness (QED) is 0.819. The Kier molecular flexibility index (Phi) is 4.77. The van der Waals surface area contributed by atoms with E-state index in [-0.39, 0.29) is 0 Å². The summed E-state index contributed by atoms with van der Waals surface area (Å²) in [6.07, 6.45) is 1.65. The molecule has 1 N–H and O–H groups in total. The monoisotopic (exact) mass is 343 g/mol. The third kappa shape index (κ3) is 3.77. The minimum absolute atomic E-state index is 0.479. The summed E-state index contributed by atoms with van der Waals surface area (Å²) in [5.41, 5.74) is -0.162. The minimum atomic E-state index is -4.34. The smallest absolute Gasteiger partial charge is 0.349 e. The molecule has 0 bridgehead atoms. The van der Waals surface area contributed by atoms with Crippen LogP contribution in [0.1, 0.15) is 37.7 Å². The summed E-state index contributed by atoms with van der Waals surface area (Å²) in [5.74, 6) is 0. The molecule has 126 valence electrons. The second kappa shape index (κ2) is 6.65. The van der Waals surface area contributed by atoms with Crippen molar-refractivity contribution >= 4 is 23.0 Å². The molecule has 2 fully saturated rings. The normalized spacial score (nSPS) is 21.3. The van der Waals surface area contributed by atoms with Crippen molar-refractivity contribution < 1.29 is 13.2 Å². The first kappa shape index (κ1) is 16.5. The highest BCUT2D eigenvalue weighted by Crippen LogP contribution is 2.32. The van der Waals surface area contributed by atoms with Gasteiger partial charge in [0.25, 0.3) is 0 Å². The number of thiocarbonyl (C=S) groups is 1. The Morgan fingerprint density at radius 2 is 1.87 bits per heavy atom. The molecule has 7 heteroatoms. The van der Waals surface area contributed by atoms with E-state index in [0.29, 0.717) is 30.2 Å². The summed E-state index contributed by atoms with van der Waals surface area (Å²) in [6, 6.07) is 5.84. The van der Waals surface area contributed by atoms with Gasteiger partial charge in [0.15, 0.2) is 5.11 Å². The van der Waals surface area contributed by atoms with Gasteiger partial charge >= 0.3 is 6.18 Å². The zero-order valence-electron chi connectivity index (χ0n) is 12.8. The molecule has 0 amide bonds. The van der Waals surface area contributed by atoms with Gasteiger partial charge in [-0.15, -0.1) is 0 Å². The molecule has 1 saturated carbocycles. The fourth-order valence-electron chi connectivity index (χ4n) is 3.30. The van der Waals surface area contributed by atoms with Gasteiger partial charge in [0.2, 0.25) is 0 Å². The van der Waals surface area contributed by atoms with E-state index in [1.54, 1.807) is 11.0 Å². The van der Waals surface area contributed by atoms with Gasteiger partial charge in [-0.25, -0.2) is 0 Å². The number of hydrogen-bond donors (Lipinski definition) is 1. The lowest BCUT2D eigenvalue weighted by molar-refractivity contribution is -0.137. The van der Waals surface area contributed by atoms with E-state index in [9.17, 15) is 13.2 Å². The predicted molar refractivity (Wildman–Crippen MR) is 88.1 cm³/mol. The molecule has 1 aliphatic carbocycles. The van der Waals surface area contributed by atoms with Crippen molar-refractivity contribution in [3.63, 3.8) is 0 Å². The molecule has 3 nitrogen and oxygen atoms in total. The number of alkyl halides is 3. The molecule has 1 heterocycles. The van der Waals surface area contributed by atoms with Crippen LogP contribution in [0.2, 0.25) is 0 Å². The number of rotatable bonds is 2. The lowest BCUT2D eigenvalue weighted by Crippen LogP contribution is -2.59. The predicted octanol–water partition coefficient (Wildman–Crippen LogP) is 3.95. The van der Waals surface area contributed by atoms with Crippen molar-refractivity contribution in [1.82, 2.24) is 10.2 Å². The maximum Gasteiger partial charge on any atom is 0.416 e. The van der Waals surface area contributed by atoms with Gasteiger partial charge < -0.3 is 10.2 Å². The molecule has 1 aliphatic heterocycles. The number of nitrogens with one attached hydrogen (secondary N) is 1. The summed E-state index contributed by atoms with van der Waals surface area (Å²) in [7, 11) is 0. The largest absolute Gasteiger partial charge is 0.416 e. The van der Waals surface area contributed by atoms with Crippen molar-refractivity contribution in [3.8, 4) is 0 Å². The first-order chi connectivity index (χ1) is 10.9. The standard InChI is InChI=1S/C16H20F3N3S/c17-16(18,19)12-5-4-8-14(9-12)22-11-21(10-20-15(22)23)13-6-2-1-3-7-13/h4-5,8-9,13H,1-3,6-7,10-11H2,(H,20,23). The Morgan fingerprint density at radius 3 is 2.57 bits per heavy atom. The van der Waals surface area contributed by atoms with Crippen LogP contribution in [0.4, 0.5) is 18.9 Å². The molecule has 0 atom stereocenters. The molecule has 2 aliphatic rings. The summed E-state index contributed by atoms with van der Waals surface area (Å²) in [6.45, 7) is 1.21. The average Bonchev–Trinajstić information content (AvgIpc) is 2.55. The van der Waals surface area contributed by atoms with Crippen molar-refractivity contribution in [3.05, 3.63) is 29.8 Å². The minimum Gasteiger partial charge on any atom is -0.349 e. The van der Waals surface area contributed by atoms with Gasteiger partial charge in [-0.2, -0.15) is 13.2 Å². The second-order valence-corrected chi connectivity index (χ2v) is 6.52. The van der Waals surface area contributed by atoms with E-state index in [2.05, 4.69) is 10.2 Å². The number of anilines is 1. The topological polar surface area (TPSA) is 18.5 Å². The van der Waals surface area contributed by atoms with Crippen molar-refractivity contribution in [2.75, 3.05) is 18.2 Å². The highest BCUT2D eigenvalue weighted by Gasteiger charge is 2.32. The molecular formula is C16H20F3N3S. The summed E-state index contributed by atoms with van der Waals surface area (Å²) in [5, 5.41) is 3.62. The number of nitrogens with zero attached hydrogens (tertiary/aromatic N) is 2. The zero-order chi connectivity index (χ0) is 16.4. The van der Waals surface area contributed by atoms with E-state index in [0.717, 1.165) is 18.9 Å². The molecule has 1 aromatic carbocycles. The SMILES string of the molecule is FC(F)(F)c1cccc(N2CN(C3CCCCC3)CNC2=S)c1. The molecule has 0 unspecified atom stereocenters. The maximum absolute atomic E-state index is 12.9. The van der Waals surface area contributed by atoms with Crippen molar-refractivity contribution in [2.24, 2.45) is 0 Å². The molecular weight excluding hydrogens is 323 g/mol. The van der Waals surface area contributed by atoms with Crippen LogP contribution in [0.5, 0.6) is 0 Å². The van der Waals surface area contributed by atoms with Gasteiger partial charge in [-0.1, -0.05) is 25.3 Å². The first-order valence-electron chi connectivity index (χ1n) is 7.92. The Morgan fingerprint density at radius 1 is 1.13 bits per heavy atom. The highest BCUT2D eigenvalue weighted by molar-refractivity contribution is 7.80. The van der Waals surface area contributed by atoms with Crippen LogP contribution in [0, 0.1) is 0 Å². The lowest BCUT2D eigenvalue weighted by atomic mass is 9.94. The fourth-order valence-corrected chi connectivity index (χ4v) is 3.53. The highest BCUT2D eigenvalue weighted by atomic mass is 32.1. The van der Waals surface area contributed by atoms with Crippen molar-refractivity contribution in [2.45, 2.75) is 44.3 Å². The molecule has 1 saturated heterocycles. The molecule has 0 spiro atoms. The van der Waals surface area contributed by atoms with Crippen LogP contribution >= 0.6 is 12.2 Å². The Labute approximate surface area is 139 Å². The maximum atomic E-state index is 12.9. The number of halogens is 3. The van der Waals surface area contributed by atoms with E-state index < -0.39 is 11.7 Å². The molecule has 1 aromatic rings. The molecule has 0 aromatic heterocycles. The fraction of sp³-hybridized carbons (Fsp3) is 0.562. The van der Waals surface area contributed by atoms with Gasteiger partial charge in [0.05, 0.1) is 18.9 Å². The summed E-state index contributed by atoms with van der Waals surface area (Å²) < 4.78 is 38.8. The summed E-state index contributed by atoms with van der Waals surface area (Å²) >= 11 is 5.31. The Bertz CT molecular complexity index is 570. The average molecular weight is 343 g/mol. The van der Waals surface area contributed by atoms with Crippen LogP contribution < -0.4 is 10.2 Å². The van der Waals surface area contributed by atoms with Crippen LogP contribution in [0.25, 0.3) is 0 Å². The first-order valence-corrected chi connectivity index (χ1v) is 8.32. The number of benzene rings is 1. The van der Waals surface area contributed by atoms with Gasteiger partial charge in [-0.3, -0.25) is 4.90 Å². The van der Waals surface area contributed by atoms with Gasteiger partial charge in [-0.05, 0) is 43.3 Å². The second-order valence-electron chi connectivity index (χ2n) is 6.14. The van der Waals surface area contributed by atoms with E-state index in [4.69, 9.17) is 12.2 Å². The molecule has 23 heavy (non-hydrogen) atoms. The van der Waals surface area contributed by atoms with Crippen LogP contribution in [-0.4, -0.2) is 29.4 Å². The Hall–Kier alpha value is -1.34. The third-order valence-corrected chi connectivity index (χ3v) is 4.94. The van der Waals surface area contributed by atoms with Crippen LogP contribution in [0.15, 0.2) is 24.3 Å². The zero-order valence-corrected chi connectivity index (χ0v) is 13.6. The Balaban J connectivity index is 1.78. The molecule has 0 radical (unpaired) electrons. The lowest BCUT2D eigenvalue weighted by Gasteiger charge is -2.43. The number of hydrogen-bond acceptors (Lipinski definition) is 2. The summed E-state index contributed by atoms with van der Waals surface area (Å²) in [4.78, 5) is 4.03. The van der Waals surface area contributed by atoms with Crippen molar-refractivity contribution in [1.29, 1.82) is 0 Å². The van der Waals surface area contributed by atoms with Gasteiger partial charge in [0, 0.05) is 11.7 Å². The van der Waals surface area contributed by atoms with E-state index in [1.165, 1.54) is 31.4 Å². The molecule has 3 rings (SSSR count). The van der Waals surface area contributed by atoms with E-state index >= 15 is 0 Å². The van der Waals surface area contributed by atoms with Crippen LogP contribution in [0.3, 0.4) is 0 Å².